The Morgan fingerprint density at radius 3 is 2.58 bits per heavy atom. The highest BCUT2D eigenvalue weighted by Crippen LogP contribution is 2.27. The molecule has 0 spiro atoms. The van der Waals surface area contributed by atoms with E-state index in [4.69, 9.17) is 16.7 Å². The van der Waals surface area contributed by atoms with Gasteiger partial charge in [-0.25, -0.2) is 9.97 Å². The highest BCUT2D eigenvalue weighted by molar-refractivity contribution is 6.28. The molecule has 19 heavy (non-hydrogen) atoms. The van der Waals surface area contributed by atoms with E-state index >= 15 is 0 Å². The summed E-state index contributed by atoms with van der Waals surface area (Å²) < 4.78 is 0. The number of carbonyl (C=O) groups is 1. The van der Waals surface area contributed by atoms with Crippen LogP contribution in [0.4, 0.5) is 5.82 Å². The molecule has 0 bridgehead atoms. The number of aryl methyl sites for hydroxylation is 1. The van der Waals surface area contributed by atoms with Gasteiger partial charge in [0.1, 0.15) is 5.82 Å². The van der Waals surface area contributed by atoms with Crippen molar-refractivity contribution in [3.63, 3.8) is 0 Å². The SMILES string of the molecule is CCc1c(C)nc(Cl)nc1N1CCC(C(=O)O)CC1. The fraction of sp³-hybridized carbons (Fsp3) is 0.615. The van der Waals surface area contributed by atoms with E-state index < -0.39 is 5.97 Å². The number of rotatable bonds is 3. The maximum atomic E-state index is 11.0. The smallest absolute Gasteiger partial charge is 0.306 e. The van der Waals surface area contributed by atoms with Crippen LogP contribution in [0.5, 0.6) is 0 Å². The second-order valence-electron chi connectivity index (χ2n) is 4.83. The van der Waals surface area contributed by atoms with Crippen LogP contribution >= 0.6 is 11.6 Å². The number of nitrogens with zero attached hydrogens (tertiary/aromatic N) is 3. The summed E-state index contributed by atoms with van der Waals surface area (Å²) in [4.78, 5) is 21.6. The van der Waals surface area contributed by atoms with E-state index in [1.54, 1.807) is 0 Å². The van der Waals surface area contributed by atoms with Gasteiger partial charge in [0.25, 0.3) is 0 Å². The molecule has 5 nitrogen and oxygen atoms in total. The topological polar surface area (TPSA) is 66.3 Å². The lowest BCUT2D eigenvalue weighted by atomic mass is 9.96. The Morgan fingerprint density at radius 1 is 1.42 bits per heavy atom. The third-order valence-electron chi connectivity index (χ3n) is 3.66. The Bertz CT molecular complexity index is 485. The molecule has 1 aliphatic rings. The minimum absolute atomic E-state index is 0.236. The van der Waals surface area contributed by atoms with Gasteiger partial charge in [-0.15, -0.1) is 0 Å². The number of aliphatic carboxylic acids is 1. The molecule has 1 aromatic heterocycles. The lowest BCUT2D eigenvalue weighted by molar-refractivity contribution is -0.142. The first-order valence-corrected chi connectivity index (χ1v) is 6.91. The molecule has 1 N–H and O–H groups in total. The number of hydrogen-bond donors (Lipinski definition) is 1. The molecule has 6 heteroatoms. The van der Waals surface area contributed by atoms with E-state index in [0.717, 1.165) is 23.5 Å². The Morgan fingerprint density at radius 2 is 2.05 bits per heavy atom. The predicted octanol–water partition coefficient (Wildman–Crippen LogP) is 2.30. The van der Waals surface area contributed by atoms with E-state index in [1.807, 2.05) is 6.92 Å². The molecule has 104 valence electrons. The van der Waals surface area contributed by atoms with Crippen LogP contribution in [-0.4, -0.2) is 34.1 Å². The van der Waals surface area contributed by atoms with Gasteiger partial charge in [0, 0.05) is 24.3 Å². The largest absolute Gasteiger partial charge is 0.481 e. The van der Waals surface area contributed by atoms with Gasteiger partial charge in [0.05, 0.1) is 5.92 Å². The maximum absolute atomic E-state index is 11.0. The van der Waals surface area contributed by atoms with Crippen molar-refractivity contribution in [1.82, 2.24) is 9.97 Å². The number of carboxylic acids is 1. The van der Waals surface area contributed by atoms with E-state index in [-0.39, 0.29) is 11.2 Å². The number of carboxylic acid groups (broad SMARTS) is 1. The molecule has 0 radical (unpaired) electrons. The fourth-order valence-electron chi connectivity index (χ4n) is 2.56. The van der Waals surface area contributed by atoms with E-state index in [1.165, 1.54) is 0 Å². The van der Waals surface area contributed by atoms with E-state index in [9.17, 15) is 4.79 Å². The van der Waals surface area contributed by atoms with Crippen molar-refractivity contribution >= 4 is 23.4 Å². The predicted molar refractivity (Wildman–Crippen MR) is 73.7 cm³/mol. The lowest BCUT2D eigenvalue weighted by Crippen LogP contribution is -2.37. The third kappa shape index (κ3) is 2.97. The highest BCUT2D eigenvalue weighted by atomic mass is 35.5. The average Bonchev–Trinajstić information content (AvgIpc) is 2.38. The summed E-state index contributed by atoms with van der Waals surface area (Å²) in [6, 6.07) is 0. The molecule has 0 aliphatic carbocycles. The summed E-state index contributed by atoms with van der Waals surface area (Å²) >= 11 is 5.93. The first-order valence-electron chi connectivity index (χ1n) is 6.53. The third-order valence-corrected chi connectivity index (χ3v) is 3.83. The monoisotopic (exact) mass is 283 g/mol. The van der Waals surface area contributed by atoms with Gasteiger partial charge < -0.3 is 10.0 Å². The number of piperidine rings is 1. The summed E-state index contributed by atoms with van der Waals surface area (Å²) in [6.45, 7) is 5.40. The molecule has 0 saturated carbocycles. The number of anilines is 1. The molecule has 0 amide bonds. The number of halogens is 1. The van der Waals surface area contributed by atoms with Crippen LogP contribution in [0.3, 0.4) is 0 Å². The Kier molecular flexibility index (Phi) is 4.24. The Labute approximate surface area is 117 Å². The van der Waals surface area contributed by atoms with Crippen LogP contribution in [0.15, 0.2) is 0 Å². The van der Waals surface area contributed by atoms with Gasteiger partial charge in [-0.3, -0.25) is 4.79 Å². The van der Waals surface area contributed by atoms with Crippen molar-refractivity contribution < 1.29 is 9.90 Å². The number of hydrogen-bond acceptors (Lipinski definition) is 4. The quantitative estimate of drug-likeness (QED) is 0.862. The van der Waals surface area contributed by atoms with Crippen molar-refractivity contribution in [1.29, 1.82) is 0 Å². The molecule has 1 saturated heterocycles. The van der Waals surface area contributed by atoms with Crippen LogP contribution in [0.2, 0.25) is 5.28 Å². The van der Waals surface area contributed by atoms with Crippen LogP contribution in [-0.2, 0) is 11.2 Å². The van der Waals surface area contributed by atoms with Crippen LogP contribution in [0.25, 0.3) is 0 Å². The van der Waals surface area contributed by atoms with Crippen molar-refractivity contribution in [2.24, 2.45) is 5.92 Å². The molecule has 1 aliphatic heterocycles. The summed E-state index contributed by atoms with van der Waals surface area (Å²) in [6.07, 6.45) is 2.15. The maximum Gasteiger partial charge on any atom is 0.306 e. The van der Waals surface area contributed by atoms with Gasteiger partial charge in [-0.1, -0.05) is 6.92 Å². The summed E-state index contributed by atoms with van der Waals surface area (Å²) in [5, 5.41) is 9.27. The highest BCUT2D eigenvalue weighted by Gasteiger charge is 2.26. The number of aromatic nitrogens is 2. The van der Waals surface area contributed by atoms with Crippen molar-refractivity contribution in [2.45, 2.75) is 33.1 Å². The molecule has 1 fully saturated rings. The van der Waals surface area contributed by atoms with Gasteiger partial charge >= 0.3 is 5.97 Å². The standard InChI is InChI=1S/C13H18ClN3O2/c1-3-10-8(2)15-13(14)16-11(10)17-6-4-9(5-7-17)12(18)19/h9H,3-7H2,1-2H3,(H,18,19). The first kappa shape index (κ1) is 14.1. The Hall–Kier alpha value is -1.36. The summed E-state index contributed by atoms with van der Waals surface area (Å²) in [5.41, 5.74) is 2.00. The van der Waals surface area contributed by atoms with Gasteiger partial charge in [0.2, 0.25) is 5.28 Å². The average molecular weight is 284 g/mol. The minimum atomic E-state index is -0.702. The summed E-state index contributed by atoms with van der Waals surface area (Å²) in [7, 11) is 0. The minimum Gasteiger partial charge on any atom is -0.481 e. The molecule has 0 atom stereocenters. The molecular formula is C13H18ClN3O2. The fourth-order valence-corrected chi connectivity index (χ4v) is 2.77. The normalized spacial score (nSPS) is 16.7. The molecular weight excluding hydrogens is 266 g/mol. The van der Waals surface area contributed by atoms with Crippen LogP contribution < -0.4 is 4.90 Å². The molecule has 2 heterocycles. The van der Waals surface area contributed by atoms with Gasteiger partial charge in [0.15, 0.2) is 0 Å². The zero-order valence-corrected chi connectivity index (χ0v) is 11.9. The molecule has 1 aromatic rings. The summed E-state index contributed by atoms with van der Waals surface area (Å²) in [5.74, 6) is -0.0733. The second kappa shape index (κ2) is 5.74. The zero-order chi connectivity index (χ0) is 14.0. The van der Waals surface area contributed by atoms with Gasteiger partial charge in [-0.2, -0.15) is 0 Å². The Balaban J connectivity index is 2.21. The zero-order valence-electron chi connectivity index (χ0n) is 11.2. The van der Waals surface area contributed by atoms with Gasteiger partial charge in [-0.05, 0) is 37.8 Å². The van der Waals surface area contributed by atoms with Crippen molar-refractivity contribution in [2.75, 3.05) is 18.0 Å². The molecule has 0 aromatic carbocycles. The van der Waals surface area contributed by atoms with E-state index in [2.05, 4.69) is 21.8 Å². The molecule has 2 rings (SSSR count). The van der Waals surface area contributed by atoms with Crippen molar-refractivity contribution in [3.05, 3.63) is 16.5 Å². The van der Waals surface area contributed by atoms with E-state index in [0.29, 0.717) is 25.9 Å². The van der Waals surface area contributed by atoms with Crippen LogP contribution in [0, 0.1) is 12.8 Å². The lowest BCUT2D eigenvalue weighted by Gasteiger charge is -2.32. The van der Waals surface area contributed by atoms with Crippen molar-refractivity contribution in [3.8, 4) is 0 Å². The first-order chi connectivity index (χ1) is 9.02. The molecule has 0 unspecified atom stereocenters. The second-order valence-corrected chi connectivity index (χ2v) is 5.17. The van der Waals surface area contributed by atoms with Crippen LogP contribution in [0.1, 0.15) is 31.0 Å².